The van der Waals surface area contributed by atoms with Gasteiger partial charge in [-0.2, -0.15) is 26.3 Å². The van der Waals surface area contributed by atoms with Crippen LogP contribution in [0.1, 0.15) is 43.6 Å². The Hall–Kier alpha value is -2.61. The average molecular weight is 480 g/mol. The van der Waals surface area contributed by atoms with Crippen LogP contribution in [0.4, 0.5) is 22.0 Å². The lowest BCUT2D eigenvalue weighted by molar-refractivity contribution is -0.175. The molecule has 1 aliphatic carbocycles. The average Bonchev–Trinajstić information content (AvgIpc) is 3.31. The van der Waals surface area contributed by atoms with E-state index < -0.39 is 46.5 Å². The van der Waals surface area contributed by atoms with Gasteiger partial charge in [0.1, 0.15) is 0 Å². The minimum Gasteiger partial charge on any atom is -0.415 e. The quantitative estimate of drug-likeness (QED) is 0.674. The molecule has 1 amide bonds. The number of amides is 1. The minimum absolute atomic E-state index is 0.0902. The van der Waals surface area contributed by atoms with E-state index in [1.54, 1.807) is 0 Å². The molecule has 2 heterocycles. The van der Waals surface area contributed by atoms with E-state index >= 15 is 0 Å². The van der Waals surface area contributed by atoms with Crippen molar-refractivity contribution in [2.24, 2.45) is 0 Å². The van der Waals surface area contributed by atoms with Gasteiger partial charge >= 0.3 is 18.5 Å². The van der Waals surface area contributed by atoms with E-state index in [9.17, 15) is 35.2 Å². The first-order valence-corrected chi connectivity index (χ1v) is 11.1. The Kier molecular flexibility index (Phi) is 5.69. The van der Waals surface area contributed by atoms with Crippen LogP contribution in [0.15, 0.2) is 27.5 Å². The summed E-state index contributed by atoms with van der Waals surface area (Å²) in [7, 11) is -4.13. The van der Waals surface area contributed by atoms with Crippen molar-refractivity contribution < 1.29 is 39.6 Å². The third-order valence-corrected chi connectivity index (χ3v) is 7.48. The zero-order valence-corrected chi connectivity index (χ0v) is 17.1. The van der Waals surface area contributed by atoms with Crippen LogP contribution in [-0.2, 0) is 21.4 Å². The standard InChI is InChI=1S/C18H17F5N4O4S/c19-14(20)16-26-25-15(31-16)9-5-6-10-8-27(32(29,30)13(10)7-9)12-4-2-1-3-11(12)24-17(28)18(21,22)23/h5-7,11-12,14H,1-4,8H2,(H,24,28)/t11-,12-/m1/s1. The highest BCUT2D eigenvalue weighted by atomic mass is 32.2. The van der Waals surface area contributed by atoms with Crippen molar-refractivity contribution in [2.75, 3.05) is 0 Å². The normalized spacial score (nSPS) is 23.3. The molecular formula is C18H17F5N4O4S. The Bertz CT molecular complexity index is 1130. The lowest BCUT2D eigenvalue weighted by Crippen LogP contribution is -2.55. The summed E-state index contributed by atoms with van der Waals surface area (Å²) in [4.78, 5) is 11.3. The zero-order valence-electron chi connectivity index (χ0n) is 16.3. The summed E-state index contributed by atoms with van der Waals surface area (Å²) in [6, 6.07) is 2.25. The fourth-order valence-corrected chi connectivity index (χ4v) is 5.96. The Balaban J connectivity index is 1.62. The number of carbonyl (C=O) groups excluding carboxylic acids is 1. The topological polar surface area (TPSA) is 105 Å². The molecule has 0 saturated heterocycles. The van der Waals surface area contributed by atoms with Crippen LogP contribution < -0.4 is 5.32 Å². The van der Waals surface area contributed by atoms with Crippen LogP contribution in [0.25, 0.3) is 11.5 Å². The Morgan fingerprint density at radius 3 is 2.56 bits per heavy atom. The summed E-state index contributed by atoms with van der Waals surface area (Å²) in [5.74, 6) is -3.31. The molecule has 0 bridgehead atoms. The first kappa shape index (κ1) is 22.6. The van der Waals surface area contributed by atoms with Gasteiger partial charge in [-0.3, -0.25) is 4.79 Å². The lowest BCUT2D eigenvalue weighted by Gasteiger charge is -2.37. The minimum atomic E-state index is -5.08. The molecule has 0 radical (unpaired) electrons. The third kappa shape index (κ3) is 4.08. The summed E-state index contributed by atoms with van der Waals surface area (Å²) in [5.41, 5.74) is 0.493. The molecule has 1 aliphatic heterocycles. The van der Waals surface area contributed by atoms with E-state index in [0.29, 0.717) is 18.4 Å². The van der Waals surface area contributed by atoms with Crippen molar-refractivity contribution in [3.05, 3.63) is 29.7 Å². The number of nitrogens with zero attached hydrogens (tertiary/aromatic N) is 3. The number of carbonyl (C=O) groups is 1. The number of hydrogen-bond donors (Lipinski definition) is 1. The smallest absolute Gasteiger partial charge is 0.415 e. The predicted molar refractivity (Wildman–Crippen MR) is 97.7 cm³/mol. The number of halogens is 5. The fraction of sp³-hybridized carbons (Fsp3) is 0.500. The van der Waals surface area contributed by atoms with Gasteiger partial charge in [-0.05, 0) is 30.5 Å². The van der Waals surface area contributed by atoms with Crippen molar-refractivity contribution in [1.29, 1.82) is 0 Å². The second kappa shape index (κ2) is 8.06. The van der Waals surface area contributed by atoms with Crippen LogP contribution in [0.3, 0.4) is 0 Å². The highest BCUT2D eigenvalue weighted by Crippen LogP contribution is 2.38. The molecule has 1 N–H and O–H groups in total. The monoisotopic (exact) mass is 480 g/mol. The van der Waals surface area contributed by atoms with Crippen LogP contribution in [0.2, 0.25) is 0 Å². The van der Waals surface area contributed by atoms with Gasteiger partial charge in [0.05, 0.1) is 4.90 Å². The van der Waals surface area contributed by atoms with Crippen molar-refractivity contribution >= 4 is 15.9 Å². The molecule has 1 fully saturated rings. The number of benzene rings is 1. The van der Waals surface area contributed by atoms with E-state index in [-0.39, 0.29) is 35.7 Å². The van der Waals surface area contributed by atoms with Crippen LogP contribution >= 0.6 is 0 Å². The molecule has 1 saturated carbocycles. The Labute approximate surface area is 178 Å². The number of fused-ring (bicyclic) bond motifs is 1. The van der Waals surface area contributed by atoms with Gasteiger partial charge in [0.25, 0.3) is 5.89 Å². The summed E-state index contributed by atoms with van der Waals surface area (Å²) in [6.45, 7) is -0.0902. The molecule has 4 rings (SSSR count). The third-order valence-electron chi connectivity index (χ3n) is 5.53. The van der Waals surface area contributed by atoms with Gasteiger partial charge in [-0.1, -0.05) is 18.9 Å². The van der Waals surface area contributed by atoms with E-state index in [4.69, 9.17) is 4.42 Å². The van der Waals surface area contributed by atoms with E-state index in [0.717, 1.165) is 4.31 Å². The van der Waals surface area contributed by atoms with Crippen molar-refractivity contribution in [1.82, 2.24) is 19.8 Å². The molecule has 0 unspecified atom stereocenters. The SMILES string of the molecule is O=C(N[C@@H]1CCCC[C@H]1N1Cc2ccc(-c3nnc(C(F)F)o3)cc2S1(=O)=O)C(F)(F)F. The van der Waals surface area contributed by atoms with Crippen LogP contribution in [0.5, 0.6) is 0 Å². The molecule has 2 atom stereocenters. The van der Waals surface area contributed by atoms with Gasteiger partial charge in [0.2, 0.25) is 15.9 Å². The molecule has 32 heavy (non-hydrogen) atoms. The van der Waals surface area contributed by atoms with E-state index in [2.05, 4.69) is 10.2 Å². The van der Waals surface area contributed by atoms with Gasteiger partial charge in [-0.25, -0.2) is 8.42 Å². The lowest BCUT2D eigenvalue weighted by atomic mass is 9.90. The molecule has 0 spiro atoms. The Morgan fingerprint density at radius 1 is 1.19 bits per heavy atom. The number of alkyl halides is 5. The summed E-state index contributed by atoms with van der Waals surface area (Å²) < 4.78 is 95.9. The number of rotatable bonds is 4. The molecular weight excluding hydrogens is 463 g/mol. The number of sulfonamides is 1. The van der Waals surface area contributed by atoms with Gasteiger partial charge in [0, 0.05) is 24.2 Å². The highest BCUT2D eigenvalue weighted by Gasteiger charge is 2.46. The van der Waals surface area contributed by atoms with Gasteiger partial charge in [0.15, 0.2) is 0 Å². The summed E-state index contributed by atoms with van der Waals surface area (Å²) in [5, 5.41) is 8.63. The van der Waals surface area contributed by atoms with Crippen LogP contribution in [0, 0.1) is 0 Å². The molecule has 1 aromatic carbocycles. The number of aromatic nitrogens is 2. The molecule has 2 aliphatic rings. The number of nitrogens with one attached hydrogen (secondary N) is 1. The van der Waals surface area contributed by atoms with Crippen molar-refractivity contribution in [3.63, 3.8) is 0 Å². The first-order chi connectivity index (χ1) is 15.0. The zero-order chi connectivity index (χ0) is 23.3. The van der Waals surface area contributed by atoms with Crippen molar-refractivity contribution in [3.8, 4) is 11.5 Å². The van der Waals surface area contributed by atoms with Crippen molar-refractivity contribution in [2.45, 2.75) is 61.8 Å². The van der Waals surface area contributed by atoms with Crippen LogP contribution in [-0.4, -0.2) is 47.1 Å². The maximum Gasteiger partial charge on any atom is 0.471 e. The molecule has 2 aromatic rings. The Morgan fingerprint density at radius 2 is 1.91 bits per heavy atom. The first-order valence-electron chi connectivity index (χ1n) is 9.63. The van der Waals surface area contributed by atoms with E-state index in [1.165, 1.54) is 18.2 Å². The fourth-order valence-electron chi connectivity index (χ4n) is 4.05. The predicted octanol–water partition coefficient (Wildman–Crippen LogP) is 3.17. The number of hydrogen-bond acceptors (Lipinski definition) is 6. The summed E-state index contributed by atoms with van der Waals surface area (Å²) >= 11 is 0. The largest absolute Gasteiger partial charge is 0.471 e. The summed E-state index contributed by atoms with van der Waals surface area (Å²) in [6.07, 6.45) is -6.43. The van der Waals surface area contributed by atoms with Gasteiger partial charge in [-0.15, -0.1) is 10.2 Å². The second-order valence-electron chi connectivity index (χ2n) is 7.55. The maximum atomic E-state index is 13.2. The second-order valence-corrected chi connectivity index (χ2v) is 9.41. The molecule has 174 valence electrons. The highest BCUT2D eigenvalue weighted by molar-refractivity contribution is 7.89. The van der Waals surface area contributed by atoms with E-state index in [1.807, 2.05) is 5.32 Å². The maximum absolute atomic E-state index is 13.2. The molecule has 8 nitrogen and oxygen atoms in total. The molecule has 1 aromatic heterocycles. The van der Waals surface area contributed by atoms with Gasteiger partial charge < -0.3 is 9.73 Å². The molecule has 14 heteroatoms.